The Hall–Kier alpha value is -2.43. The van der Waals surface area contributed by atoms with Gasteiger partial charge in [-0.1, -0.05) is 30.6 Å². The van der Waals surface area contributed by atoms with Crippen LogP contribution in [0.4, 0.5) is 0 Å². The van der Waals surface area contributed by atoms with E-state index in [1.165, 1.54) is 4.90 Å². The number of unbranched alkanes of at least 4 members (excludes halogenated alkanes) is 1. The maximum atomic E-state index is 12.4. The minimum Gasteiger partial charge on any atom is -0.361 e. The van der Waals surface area contributed by atoms with Gasteiger partial charge in [0.05, 0.1) is 23.4 Å². The second kappa shape index (κ2) is 5.75. The summed E-state index contributed by atoms with van der Waals surface area (Å²) in [6, 6.07) is 6.91. The number of benzene rings is 1. The number of hydrogen-bond donors (Lipinski definition) is 0. The summed E-state index contributed by atoms with van der Waals surface area (Å²) >= 11 is 0. The van der Waals surface area contributed by atoms with Crippen molar-refractivity contribution in [2.75, 3.05) is 0 Å². The molecule has 1 aliphatic heterocycles. The molecule has 0 saturated heterocycles. The van der Waals surface area contributed by atoms with Crippen LogP contribution in [0.15, 0.2) is 28.8 Å². The van der Waals surface area contributed by atoms with Crippen LogP contribution < -0.4 is 0 Å². The van der Waals surface area contributed by atoms with Gasteiger partial charge in [0.25, 0.3) is 11.8 Å². The topological polar surface area (TPSA) is 63.4 Å². The molecule has 2 aromatic rings. The number of amides is 2. The van der Waals surface area contributed by atoms with Gasteiger partial charge in [-0.2, -0.15) is 0 Å². The molecule has 2 heterocycles. The fourth-order valence-corrected chi connectivity index (χ4v) is 2.72. The van der Waals surface area contributed by atoms with Crippen molar-refractivity contribution in [1.29, 1.82) is 0 Å². The number of rotatable bonds is 5. The first-order valence-corrected chi connectivity index (χ1v) is 7.52. The summed E-state index contributed by atoms with van der Waals surface area (Å²) in [4.78, 5) is 26.1. The molecule has 5 heteroatoms. The average molecular weight is 298 g/mol. The first-order chi connectivity index (χ1) is 10.6. The molecule has 1 aromatic heterocycles. The Morgan fingerprint density at radius 1 is 1.14 bits per heavy atom. The Kier molecular flexibility index (Phi) is 3.79. The van der Waals surface area contributed by atoms with E-state index in [-0.39, 0.29) is 18.4 Å². The highest BCUT2D eigenvalue weighted by atomic mass is 16.5. The highest BCUT2D eigenvalue weighted by molar-refractivity contribution is 6.21. The molecular weight excluding hydrogens is 280 g/mol. The minimum atomic E-state index is -0.248. The highest BCUT2D eigenvalue weighted by Crippen LogP contribution is 2.26. The van der Waals surface area contributed by atoms with Gasteiger partial charge in [-0.15, -0.1) is 0 Å². The number of hydrogen-bond acceptors (Lipinski definition) is 4. The van der Waals surface area contributed by atoms with Crippen molar-refractivity contribution in [1.82, 2.24) is 10.1 Å². The van der Waals surface area contributed by atoms with Gasteiger partial charge in [-0.3, -0.25) is 14.5 Å². The van der Waals surface area contributed by atoms with E-state index in [0.29, 0.717) is 16.9 Å². The summed E-state index contributed by atoms with van der Waals surface area (Å²) < 4.78 is 5.25. The lowest BCUT2D eigenvalue weighted by Crippen LogP contribution is -2.29. The molecule has 0 fully saturated rings. The molecule has 22 heavy (non-hydrogen) atoms. The standard InChI is InChI=1S/C17H18N2O3/c1-3-4-9-15-14(11(2)22-18-15)10-19-16(20)12-7-5-6-8-13(12)17(19)21/h5-8H,3-4,9-10H2,1-2H3. The Morgan fingerprint density at radius 3 is 2.36 bits per heavy atom. The number of imide groups is 1. The fourth-order valence-electron chi connectivity index (χ4n) is 2.72. The Balaban J connectivity index is 1.88. The molecule has 0 bridgehead atoms. The SMILES string of the molecule is CCCCc1noc(C)c1CN1C(=O)c2ccccc2C1=O. The van der Waals surface area contributed by atoms with Crippen molar-refractivity contribution in [3.8, 4) is 0 Å². The molecule has 2 amide bonds. The van der Waals surface area contributed by atoms with Crippen molar-refractivity contribution in [2.45, 2.75) is 39.7 Å². The molecule has 0 saturated carbocycles. The lowest BCUT2D eigenvalue weighted by molar-refractivity contribution is 0.0641. The van der Waals surface area contributed by atoms with Crippen LogP contribution in [-0.2, 0) is 13.0 Å². The number of carbonyl (C=O) groups excluding carboxylic acids is 2. The zero-order valence-electron chi connectivity index (χ0n) is 12.8. The molecule has 0 N–H and O–H groups in total. The van der Waals surface area contributed by atoms with Gasteiger partial charge >= 0.3 is 0 Å². The van der Waals surface area contributed by atoms with E-state index in [1.54, 1.807) is 24.3 Å². The van der Waals surface area contributed by atoms with Crippen molar-refractivity contribution in [2.24, 2.45) is 0 Å². The Morgan fingerprint density at radius 2 is 1.77 bits per heavy atom. The van der Waals surface area contributed by atoms with Gasteiger partial charge in [-0.05, 0) is 31.9 Å². The lowest BCUT2D eigenvalue weighted by atomic mass is 10.1. The fraction of sp³-hybridized carbons (Fsp3) is 0.353. The number of fused-ring (bicyclic) bond motifs is 1. The summed E-state index contributed by atoms with van der Waals surface area (Å²) in [5.74, 6) is 0.174. The van der Waals surface area contributed by atoms with Crippen LogP contribution in [0, 0.1) is 6.92 Å². The first-order valence-electron chi connectivity index (χ1n) is 7.52. The third kappa shape index (κ3) is 2.32. The predicted octanol–water partition coefficient (Wildman–Crippen LogP) is 3.12. The lowest BCUT2D eigenvalue weighted by Gasteiger charge is -2.13. The van der Waals surface area contributed by atoms with Crippen LogP contribution in [0.2, 0.25) is 0 Å². The summed E-state index contributed by atoms with van der Waals surface area (Å²) in [7, 11) is 0. The summed E-state index contributed by atoms with van der Waals surface area (Å²) in [5, 5.41) is 4.07. The van der Waals surface area contributed by atoms with E-state index in [2.05, 4.69) is 12.1 Å². The maximum Gasteiger partial charge on any atom is 0.261 e. The second-order valence-electron chi connectivity index (χ2n) is 5.51. The van der Waals surface area contributed by atoms with Gasteiger partial charge in [0.15, 0.2) is 0 Å². The maximum absolute atomic E-state index is 12.4. The number of aryl methyl sites for hydroxylation is 2. The summed E-state index contributed by atoms with van der Waals surface area (Å²) in [5.41, 5.74) is 2.63. The molecule has 0 atom stereocenters. The monoisotopic (exact) mass is 298 g/mol. The van der Waals surface area contributed by atoms with Gasteiger partial charge in [0.1, 0.15) is 5.76 Å². The van der Waals surface area contributed by atoms with Crippen LogP contribution >= 0.6 is 0 Å². The van der Waals surface area contributed by atoms with E-state index in [9.17, 15) is 9.59 Å². The van der Waals surface area contributed by atoms with Crippen molar-refractivity contribution >= 4 is 11.8 Å². The molecule has 1 aliphatic rings. The largest absolute Gasteiger partial charge is 0.361 e. The third-order valence-electron chi connectivity index (χ3n) is 4.03. The van der Waals surface area contributed by atoms with Crippen molar-refractivity contribution in [3.05, 3.63) is 52.4 Å². The van der Waals surface area contributed by atoms with Gasteiger partial charge in [0, 0.05) is 5.56 Å². The number of carbonyl (C=O) groups is 2. The Labute approximate surface area is 128 Å². The average Bonchev–Trinajstić information content (AvgIpc) is 3.00. The predicted molar refractivity (Wildman–Crippen MR) is 80.5 cm³/mol. The molecule has 1 aromatic carbocycles. The molecule has 0 radical (unpaired) electrons. The van der Waals surface area contributed by atoms with Crippen LogP contribution in [0.25, 0.3) is 0 Å². The third-order valence-corrected chi connectivity index (χ3v) is 4.03. The summed E-state index contributed by atoms with van der Waals surface area (Å²) in [6.45, 7) is 4.15. The highest BCUT2D eigenvalue weighted by Gasteiger charge is 2.36. The molecule has 5 nitrogen and oxygen atoms in total. The van der Waals surface area contributed by atoms with Crippen LogP contribution in [0.5, 0.6) is 0 Å². The van der Waals surface area contributed by atoms with E-state index < -0.39 is 0 Å². The van der Waals surface area contributed by atoms with Crippen LogP contribution in [0.1, 0.15) is 57.5 Å². The van der Waals surface area contributed by atoms with E-state index in [1.807, 2.05) is 6.92 Å². The molecular formula is C17H18N2O3. The first kappa shape index (κ1) is 14.5. The zero-order chi connectivity index (χ0) is 15.7. The zero-order valence-corrected chi connectivity index (χ0v) is 12.8. The van der Waals surface area contributed by atoms with E-state index in [0.717, 1.165) is 30.5 Å². The molecule has 0 aliphatic carbocycles. The summed E-state index contributed by atoms with van der Waals surface area (Å²) in [6.07, 6.45) is 2.85. The minimum absolute atomic E-state index is 0.223. The molecule has 0 spiro atoms. The van der Waals surface area contributed by atoms with Gasteiger partial charge in [0.2, 0.25) is 0 Å². The molecule has 0 unspecified atom stereocenters. The number of nitrogens with zero attached hydrogens (tertiary/aromatic N) is 2. The van der Waals surface area contributed by atoms with E-state index >= 15 is 0 Å². The number of aromatic nitrogens is 1. The van der Waals surface area contributed by atoms with Gasteiger partial charge < -0.3 is 4.52 Å². The van der Waals surface area contributed by atoms with Crippen molar-refractivity contribution in [3.63, 3.8) is 0 Å². The second-order valence-corrected chi connectivity index (χ2v) is 5.51. The molecule has 3 rings (SSSR count). The Bertz CT molecular complexity index is 698. The van der Waals surface area contributed by atoms with Crippen molar-refractivity contribution < 1.29 is 14.1 Å². The van der Waals surface area contributed by atoms with Crippen LogP contribution in [0.3, 0.4) is 0 Å². The smallest absolute Gasteiger partial charge is 0.261 e. The van der Waals surface area contributed by atoms with Gasteiger partial charge in [-0.25, -0.2) is 0 Å². The quantitative estimate of drug-likeness (QED) is 0.796. The van der Waals surface area contributed by atoms with Crippen LogP contribution in [-0.4, -0.2) is 21.9 Å². The normalized spacial score (nSPS) is 13.8. The van der Waals surface area contributed by atoms with E-state index in [4.69, 9.17) is 4.52 Å². The molecule has 114 valence electrons.